The Bertz CT molecular complexity index is 1100. The van der Waals surface area contributed by atoms with Crippen LogP contribution in [0.1, 0.15) is 12.0 Å². The highest BCUT2D eigenvalue weighted by atomic mass is 35.5. The van der Waals surface area contributed by atoms with Crippen molar-refractivity contribution in [2.75, 3.05) is 50.9 Å². The minimum Gasteiger partial charge on any atom is -0.485 e. The Balaban J connectivity index is 0.00000259. The van der Waals surface area contributed by atoms with Crippen molar-refractivity contribution in [2.24, 2.45) is 0 Å². The standard InChI is InChI=1S/C24H27N3O4S.ClH/c1-17-7-8-18-22(15-17)32-24(25-18)27(10-4-9-26-11-13-29-14-12-26)23(28)21-16-30-19-5-2-3-6-20(19)31-21;/h2-3,5-8,15,21H,4,9-14,16H2,1H3;1H. The zero-order valence-corrected chi connectivity index (χ0v) is 20.2. The minimum atomic E-state index is -0.693. The molecule has 2 aliphatic rings. The number of hydrogen-bond acceptors (Lipinski definition) is 7. The van der Waals surface area contributed by atoms with Crippen LogP contribution < -0.4 is 14.4 Å². The molecule has 7 nitrogen and oxygen atoms in total. The molecule has 1 aromatic heterocycles. The largest absolute Gasteiger partial charge is 0.485 e. The topological polar surface area (TPSA) is 64.1 Å². The number of thiazole rings is 1. The van der Waals surface area contributed by atoms with Crippen molar-refractivity contribution in [3.63, 3.8) is 0 Å². The zero-order valence-electron chi connectivity index (χ0n) is 18.6. The number of aromatic nitrogens is 1. The summed E-state index contributed by atoms with van der Waals surface area (Å²) in [6.45, 7) is 7.17. The van der Waals surface area contributed by atoms with Crippen LogP contribution in [0, 0.1) is 6.92 Å². The van der Waals surface area contributed by atoms with Crippen molar-refractivity contribution < 1.29 is 19.0 Å². The van der Waals surface area contributed by atoms with Gasteiger partial charge in [0.25, 0.3) is 5.91 Å². The van der Waals surface area contributed by atoms with E-state index in [9.17, 15) is 4.79 Å². The maximum Gasteiger partial charge on any atom is 0.273 e. The van der Waals surface area contributed by atoms with Gasteiger partial charge >= 0.3 is 0 Å². The molecular formula is C24H28ClN3O4S. The zero-order chi connectivity index (χ0) is 21.9. The average Bonchev–Trinajstić information content (AvgIpc) is 3.24. The smallest absolute Gasteiger partial charge is 0.273 e. The van der Waals surface area contributed by atoms with Gasteiger partial charge in [0.1, 0.15) is 6.61 Å². The van der Waals surface area contributed by atoms with E-state index in [1.807, 2.05) is 36.4 Å². The molecule has 9 heteroatoms. The van der Waals surface area contributed by atoms with Crippen molar-refractivity contribution in [1.82, 2.24) is 9.88 Å². The highest BCUT2D eigenvalue weighted by Gasteiger charge is 2.33. The van der Waals surface area contributed by atoms with Crippen LogP contribution in [0.3, 0.4) is 0 Å². The quantitative estimate of drug-likeness (QED) is 0.523. The summed E-state index contributed by atoms with van der Waals surface area (Å²) in [5.74, 6) is 1.16. The maximum atomic E-state index is 13.6. The van der Waals surface area contributed by atoms with Crippen LogP contribution >= 0.6 is 23.7 Å². The number of benzene rings is 2. The van der Waals surface area contributed by atoms with Crippen LogP contribution in [0.5, 0.6) is 11.5 Å². The van der Waals surface area contributed by atoms with Gasteiger partial charge in [-0.3, -0.25) is 14.6 Å². The molecule has 1 fully saturated rings. The molecule has 0 spiro atoms. The monoisotopic (exact) mass is 489 g/mol. The molecule has 1 atom stereocenters. The summed E-state index contributed by atoms with van der Waals surface area (Å²) in [6.07, 6.45) is 0.159. The number of carbonyl (C=O) groups is 1. The van der Waals surface area contributed by atoms with Gasteiger partial charge in [0, 0.05) is 26.2 Å². The Hall–Kier alpha value is -2.39. The number of anilines is 1. The lowest BCUT2D eigenvalue weighted by atomic mass is 10.2. The third-order valence-electron chi connectivity index (χ3n) is 5.77. The number of para-hydroxylation sites is 2. The van der Waals surface area contributed by atoms with Crippen LogP contribution in [-0.4, -0.2) is 67.9 Å². The fourth-order valence-corrected chi connectivity index (χ4v) is 5.12. The lowest BCUT2D eigenvalue weighted by molar-refractivity contribution is -0.127. The van der Waals surface area contributed by atoms with Gasteiger partial charge in [0.15, 0.2) is 16.6 Å². The summed E-state index contributed by atoms with van der Waals surface area (Å²) in [5.41, 5.74) is 2.09. The molecular weight excluding hydrogens is 462 g/mol. The molecule has 0 bridgehead atoms. The number of morpholine rings is 1. The summed E-state index contributed by atoms with van der Waals surface area (Å²) in [6, 6.07) is 13.6. The summed E-state index contributed by atoms with van der Waals surface area (Å²) < 4.78 is 18.3. The van der Waals surface area contributed by atoms with Gasteiger partial charge in [0.2, 0.25) is 6.10 Å². The molecule has 2 aliphatic heterocycles. The number of ether oxygens (including phenoxy) is 3. The lowest BCUT2D eigenvalue weighted by Gasteiger charge is -2.31. The molecule has 3 heterocycles. The molecule has 0 aliphatic carbocycles. The molecule has 5 rings (SSSR count). The van der Waals surface area contributed by atoms with Crippen LogP contribution in [0.4, 0.5) is 5.13 Å². The Morgan fingerprint density at radius 3 is 2.79 bits per heavy atom. The molecule has 2 aromatic carbocycles. The van der Waals surface area contributed by atoms with Gasteiger partial charge < -0.3 is 14.2 Å². The Morgan fingerprint density at radius 1 is 1.18 bits per heavy atom. The number of rotatable bonds is 6. The molecule has 33 heavy (non-hydrogen) atoms. The van der Waals surface area contributed by atoms with Crippen LogP contribution in [0.25, 0.3) is 10.2 Å². The molecule has 3 aromatic rings. The molecule has 0 N–H and O–H groups in total. The first-order valence-corrected chi connectivity index (χ1v) is 11.9. The van der Waals surface area contributed by atoms with Gasteiger partial charge in [-0.25, -0.2) is 4.98 Å². The number of fused-ring (bicyclic) bond motifs is 2. The predicted molar refractivity (Wildman–Crippen MR) is 132 cm³/mol. The van der Waals surface area contributed by atoms with Crippen LogP contribution in [0.15, 0.2) is 42.5 Å². The van der Waals surface area contributed by atoms with Crippen LogP contribution in [-0.2, 0) is 9.53 Å². The molecule has 1 unspecified atom stereocenters. The Labute approximate surface area is 203 Å². The number of nitrogens with zero attached hydrogens (tertiary/aromatic N) is 3. The van der Waals surface area contributed by atoms with Gasteiger partial charge in [-0.2, -0.15) is 0 Å². The SMILES string of the molecule is Cc1ccc2nc(N(CCCN3CCOCC3)C(=O)C3COc4ccccc4O3)sc2c1.Cl. The second-order valence-corrected chi connectivity index (χ2v) is 9.14. The van der Waals surface area contributed by atoms with E-state index in [1.165, 1.54) is 5.56 Å². The van der Waals surface area contributed by atoms with Gasteiger partial charge in [-0.1, -0.05) is 29.5 Å². The van der Waals surface area contributed by atoms with E-state index < -0.39 is 6.10 Å². The molecule has 1 saturated heterocycles. The van der Waals surface area contributed by atoms with Gasteiger partial charge in [-0.15, -0.1) is 12.4 Å². The first-order chi connectivity index (χ1) is 15.7. The second-order valence-electron chi connectivity index (χ2n) is 8.13. The Kier molecular flexibility index (Phi) is 7.70. The number of hydrogen-bond donors (Lipinski definition) is 0. The van der Waals surface area contributed by atoms with Gasteiger partial charge in [-0.05, 0) is 43.2 Å². The van der Waals surface area contributed by atoms with Crippen molar-refractivity contribution >= 4 is 45.0 Å². The minimum absolute atomic E-state index is 0. The van der Waals surface area contributed by atoms with Crippen LogP contribution in [0.2, 0.25) is 0 Å². The molecule has 176 valence electrons. The van der Waals surface area contributed by atoms with E-state index in [2.05, 4.69) is 17.9 Å². The normalized spacial score (nSPS) is 18.0. The summed E-state index contributed by atoms with van der Waals surface area (Å²) >= 11 is 1.55. The van der Waals surface area contributed by atoms with E-state index in [1.54, 1.807) is 16.2 Å². The van der Waals surface area contributed by atoms with Gasteiger partial charge in [0.05, 0.1) is 23.4 Å². The van der Waals surface area contributed by atoms with E-state index in [0.717, 1.165) is 49.5 Å². The average molecular weight is 490 g/mol. The highest BCUT2D eigenvalue weighted by molar-refractivity contribution is 7.22. The number of halogens is 1. The first-order valence-electron chi connectivity index (χ1n) is 11.0. The van der Waals surface area contributed by atoms with E-state index in [0.29, 0.717) is 23.2 Å². The van der Waals surface area contributed by atoms with E-state index >= 15 is 0 Å². The second kappa shape index (κ2) is 10.7. The van der Waals surface area contributed by atoms with E-state index in [4.69, 9.17) is 19.2 Å². The highest BCUT2D eigenvalue weighted by Crippen LogP contribution is 2.34. The Morgan fingerprint density at radius 2 is 1.97 bits per heavy atom. The first kappa shape index (κ1) is 23.8. The number of aryl methyl sites for hydroxylation is 1. The summed E-state index contributed by atoms with van der Waals surface area (Å²) in [7, 11) is 0. The summed E-state index contributed by atoms with van der Waals surface area (Å²) in [5, 5.41) is 0.708. The summed E-state index contributed by atoms with van der Waals surface area (Å²) in [4.78, 5) is 22.5. The molecule has 0 radical (unpaired) electrons. The van der Waals surface area contributed by atoms with Crippen molar-refractivity contribution in [3.8, 4) is 11.5 Å². The third-order valence-corrected chi connectivity index (χ3v) is 6.81. The third kappa shape index (κ3) is 5.41. The predicted octanol–water partition coefficient (Wildman–Crippen LogP) is 3.92. The van der Waals surface area contributed by atoms with Crippen molar-refractivity contribution in [2.45, 2.75) is 19.4 Å². The van der Waals surface area contributed by atoms with E-state index in [-0.39, 0.29) is 24.9 Å². The molecule has 1 amide bonds. The lowest BCUT2D eigenvalue weighted by Crippen LogP contribution is -2.47. The van der Waals surface area contributed by atoms with Crippen molar-refractivity contribution in [3.05, 3.63) is 48.0 Å². The number of amides is 1. The fourth-order valence-electron chi connectivity index (χ4n) is 4.03. The number of carbonyl (C=O) groups excluding carboxylic acids is 1. The fraction of sp³-hybridized carbons (Fsp3) is 0.417. The maximum absolute atomic E-state index is 13.6. The van der Waals surface area contributed by atoms with Crippen molar-refractivity contribution in [1.29, 1.82) is 0 Å². The molecule has 0 saturated carbocycles.